The second-order valence-electron chi connectivity index (χ2n) is 5.32. The lowest BCUT2D eigenvalue weighted by Crippen LogP contribution is -2.01. The van der Waals surface area contributed by atoms with Crippen LogP contribution in [-0.2, 0) is 0 Å². The van der Waals surface area contributed by atoms with E-state index in [9.17, 15) is 0 Å². The van der Waals surface area contributed by atoms with Crippen molar-refractivity contribution in [2.45, 2.75) is 34.1 Å². The third-order valence-electron chi connectivity index (χ3n) is 3.47. The molecule has 0 saturated carbocycles. The highest BCUT2D eigenvalue weighted by Gasteiger charge is 2.11. The van der Waals surface area contributed by atoms with Gasteiger partial charge >= 0.3 is 0 Å². The van der Waals surface area contributed by atoms with Crippen LogP contribution in [0.25, 0.3) is 0 Å². The second kappa shape index (κ2) is 6.53. The van der Waals surface area contributed by atoms with Gasteiger partial charge in [-0.3, -0.25) is 0 Å². The molecule has 2 N–H and O–H groups in total. The van der Waals surface area contributed by atoms with Gasteiger partial charge in [-0.05, 0) is 62.1 Å². The number of nitrogens with two attached hydrogens (primary N) is 1. The molecule has 2 rings (SSSR count). The van der Waals surface area contributed by atoms with E-state index in [1.165, 1.54) is 11.1 Å². The van der Waals surface area contributed by atoms with Crippen molar-refractivity contribution < 1.29 is 9.47 Å². The average Bonchev–Trinajstić information content (AvgIpc) is 2.45. The molecule has 0 bridgehead atoms. The first kappa shape index (κ1) is 15.2. The first-order chi connectivity index (χ1) is 10.0. The number of nitrogen functional groups attached to an aromatic ring is 1. The molecule has 0 aromatic heterocycles. The van der Waals surface area contributed by atoms with Crippen molar-refractivity contribution in [1.82, 2.24) is 0 Å². The van der Waals surface area contributed by atoms with E-state index in [2.05, 4.69) is 33.8 Å². The fraction of sp³-hybridized carbons (Fsp3) is 0.333. The highest BCUT2D eigenvalue weighted by atomic mass is 16.5. The smallest absolute Gasteiger partial charge is 0.154 e. The molecule has 2 aromatic rings. The van der Waals surface area contributed by atoms with E-state index >= 15 is 0 Å². The van der Waals surface area contributed by atoms with Gasteiger partial charge in [0.05, 0.1) is 6.61 Å². The summed E-state index contributed by atoms with van der Waals surface area (Å²) in [6.45, 7) is 8.91. The molecule has 0 atom stereocenters. The van der Waals surface area contributed by atoms with Crippen LogP contribution in [0.4, 0.5) is 5.69 Å². The van der Waals surface area contributed by atoms with E-state index < -0.39 is 0 Å². The summed E-state index contributed by atoms with van der Waals surface area (Å²) in [4.78, 5) is 0. The van der Waals surface area contributed by atoms with Crippen LogP contribution >= 0.6 is 0 Å². The van der Waals surface area contributed by atoms with E-state index in [1.807, 2.05) is 24.3 Å². The predicted octanol–water partition coefficient (Wildman–Crippen LogP) is 4.78. The summed E-state index contributed by atoms with van der Waals surface area (Å²) in [5.41, 5.74) is 10.2. The van der Waals surface area contributed by atoms with Crippen LogP contribution in [0.3, 0.4) is 0 Å². The van der Waals surface area contributed by atoms with Gasteiger partial charge in [0.25, 0.3) is 0 Å². The molecule has 0 spiro atoms. The molecule has 0 heterocycles. The molecule has 0 amide bonds. The van der Waals surface area contributed by atoms with E-state index in [4.69, 9.17) is 15.2 Å². The maximum atomic E-state index is 6.15. The summed E-state index contributed by atoms with van der Waals surface area (Å²) < 4.78 is 11.7. The molecule has 2 aromatic carbocycles. The van der Waals surface area contributed by atoms with Gasteiger partial charge in [-0.15, -0.1) is 0 Å². The second-order valence-corrected chi connectivity index (χ2v) is 5.32. The fourth-order valence-corrected chi connectivity index (χ4v) is 2.18. The summed E-state index contributed by atoms with van der Waals surface area (Å²) in [7, 11) is 0. The highest BCUT2D eigenvalue weighted by Crippen LogP contribution is 2.36. The topological polar surface area (TPSA) is 44.5 Å². The van der Waals surface area contributed by atoms with Crippen LogP contribution < -0.4 is 15.2 Å². The van der Waals surface area contributed by atoms with Crippen LogP contribution in [0.15, 0.2) is 30.3 Å². The number of anilines is 1. The Bertz CT molecular complexity index is 635. The minimum atomic E-state index is 0.546. The molecule has 0 aliphatic heterocycles. The van der Waals surface area contributed by atoms with Crippen molar-refractivity contribution in [3.05, 3.63) is 47.0 Å². The fourth-order valence-electron chi connectivity index (χ4n) is 2.18. The van der Waals surface area contributed by atoms with Crippen molar-refractivity contribution in [2.75, 3.05) is 12.3 Å². The van der Waals surface area contributed by atoms with Crippen LogP contribution in [-0.4, -0.2) is 6.61 Å². The van der Waals surface area contributed by atoms with E-state index in [-0.39, 0.29) is 0 Å². The Morgan fingerprint density at radius 1 is 1.00 bits per heavy atom. The Hall–Kier alpha value is -2.16. The first-order valence-electron chi connectivity index (χ1n) is 7.30. The lowest BCUT2D eigenvalue weighted by molar-refractivity contribution is 0.318. The van der Waals surface area contributed by atoms with Gasteiger partial charge in [0.2, 0.25) is 0 Å². The number of ether oxygens (including phenoxy) is 2. The van der Waals surface area contributed by atoms with Crippen molar-refractivity contribution in [2.24, 2.45) is 0 Å². The number of hydrogen-bond acceptors (Lipinski definition) is 3. The van der Waals surface area contributed by atoms with Gasteiger partial charge in [-0.25, -0.2) is 0 Å². The SMILES string of the molecule is CCCOc1cccc(Oc2cc(C)cc(C)c2C)c1N. The van der Waals surface area contributed by atoms with Crippen molar-refractivity contribution in [1.29, 1.82) is 0 Å². The van der Waals surface area contributed by atoms with Crippen LogP contribution in [0.1, 0.15) is 30.0 Å². The lowest BCUT2D eigenvalue weighted by Gasteiger charge is -2.15. The lowest BCUT2D eigenvalue weighted by atomic mass is 10.1. The average molecular weight is 285 g/mol. The normalized spacial score (nSPS) is 10.5. The number of benzene rings is 2. The summed E-state index contributed by atoms with van der Waals surface area (Å²) in [6, 6.07) is 9.81. The summed E-state index contributed by atoms with van der Waals surface area (Å²) in [5.74, 6) is 2.15. The van der Waals surface area contributed by atoms with Gasteiger partial charge in [-0.1, -0.05) is 19.1 Å². The summed E-state index contributed by atoms with van der Waals surface area (Å²) >= 11 is 0. The van der Waals surface area contributed by atoms with E-state index in [0.29, 0.717) is 23.8 Å². The van der Waals surface area contributed by atoms with Crippen LogP contribution in [0.2, 0.25) is 0 Å². The van der Waals surface area contributed by atoms with Gasteiger partial charge in [0, 0.05) is 0 Å². The summed E-state index contributed by atoms with van der Waals surface area (Å²) in [6.07, 6.45) is 0.945. The van der Waals surface area contributed by atoms with Crippen molar-refractivity contribution >= 4 is 5.69 Å². The standard InChI is InChI=1S/C18H23NO2/c1-5-9-20-15-7-6-8-16(18(15)19)21-17-11-12(2)10-13(3)14(17)4/h6-8,10-11H,5,9,19H2,1-4H3. The van der Waals surface area contributed by atoms with Crippen molar-refractivity contribution in [3.63, 3.8) is 0 Å². The molecule has 0 saturated heterocycles. The number of rotatable bonds is 5. The Morgan fingerprint density at radius 2 is 1.71 bits per heavy atom. The molecule has 21 heavy (non-hydrogen) atoms. The number of para-hydroxylation sites is 1. The predicted molar refractivity (Wildman–Crippen MR) is 87.4 cm³/mol. The number of aryl methyl sites for hydroxylation is 2. The van der Waals surface area contributed by atoms with Crippen LogP contribution in [0.5, 0.6) is 17.2 Å². The van der Waals surface area contributed by atoms with Gasteiger partial charge < -0.3 is 15.2 Å². The van der Waals surface area contributed by atoms with Gasteiger partial charge in [-0.2, -0.15) is 0 Å². The maximum absolute atomic E-state index is 6.15. The molecule has 0 aliphatic rings. The molecule has 0 radical (unpaired) electrons. The molecule has 3 heteroatoms. The zero-order valence-corrected chi connectivity index (χ0v) is 13.2. The molecule has 0 unspecified atom stereocenters. The Kier molecular flexibility index (Phi) is 4.73. The molecule has 3 nitrogen and oxygen atoms in total. The molecule has 0 fully saturated rings. The Balaban J connectivity index is 2.32. The third-order valence-corrected chi connectivity index (χ3v) is 3.47. The third kappa shape index (κ3) is 3.48. The molecular weight excluding hydrogens is 262 g/mol. The Morgan fingerprint density at radius 3 is 2.43 bits per heavy atom. The van der Waals surface area contributed by atoms with E-state index in [1.54, 1.807) is 0 Å². The maximum Gasteiger partial charge on any atom is 0.154 e. The zero-order valence-electron chi connectivity index (χ0n) is 13.2. The van der Waals surface area contributed by atoms with Crippen molar-refractivity contribution in [3.8, 4) is 17.2 Å². The minimum Gasteiger partial charge on any atom is -0.491 e. The number of hydrogen-bond donors (Lipinski definition) is 1. The van der Waals surface area contributed by atoms with E-state index in [0.717, 1.165) is 17.7 Å². The highest BCUT2D eigenvalue weighted by molar-refractivity contribution is 5.64. The monoisotopic (exact) mass is 285 g/mol. The quantitative estimate of drug-likeness (QED) is 0.804. The molecule has 0 aliphatic carbocycles. The molecular formula is C18H23NO2. The zero-order chi connectivity index (χ0) is 15.4. The molecule has 112 valence electrons. The summed E-state index contributed by atoms with van der Waals surface area (Å²) in [5, 5.41) is 0. The Labute approximate surface area is 126 Å². The van der Waals surface area contributed by atoms with Gasteiger partial charge in [0.1, 0.15) is 17.2 Å². The van der Waals surface area contributed by atoms with Gasteiger partial charge in [0.15, 0.2) is 5.75 Å². The minimum absolute atomic E-state index is 0.546. The first-order valence-corrected chi connectivity index (χ1v) is 7.30. The van der Waals surface area contributed by atoms with Crippen LogP contribution in [0, 0.1) is 20.8 Å². The largest absolute Gasteiger partial charge is 0.491 e.